The van der Waals surface area contributed by atoms with Gasteiger partial charge in [-0.25, -0.2) is 0 Å². The first-order valence-corrected chi connectivity index (χ1v) is 9.89. The number of aromatic hydroxyl groups is 3. The lowest BCUT2D eigenvalue weighted by atomic mass is 9.94. The summed E-state index contributed by atoms with van der Waals surface area (Å²) in [6.45, 7) is -0.641. The Labute approximate surface area is 181 Å². The molecule has 0 spiro atoms. The minimum absolute atomic E-state index is 0.0376. The van der Waals surface area contributed by atoms with Crippen molar-refractivity contribution < 1.29 is 55.1 Å². The van der Waals surface area contributed by atoms with Gasteiger partial charge in [-0.2, -0.15) is 0 Å². The maximum Gasteiger partial charge on any atom is 0.229 e. The van der Waals surface area contributed by atoms with Crippen LogP contribution < -0.4 is 9.47 Å². The lowest BCUT2D eigenvalue weighted by Gasteiger charge is -2.39. The minimum Gasteiger partial charge on any atom is -0.508 e. The Morgan fingerprint density at radius 1 is 0.906 bits per heavy atom. The molecule has 0 aliphatic carbocycles. The van der Waals surface area contributed by atoms with Crippen molar-refractivity contribution in [2.75, 3.05) is 6.61 Å². The van der Waals surface area contributed by atoms with Crippen LogP contribution in [0.4, 0.5) is 0 Å². The van der Waals surface area contributed by atoms with Crippen molar-refractivity contribution in [2.24, 2.45) is 0 Å². The maximum atomic E-state index is 10.6. The summed E-state index contributed by atoms with van der Waals surface area (Å²) in [5.74, 6) is -0.759. The smallest absolute Gasteiger partial charge is 0.229 e. The van der Waals surface area contributed by atoms with Crippen molar-refractivity contribution >= 4 is 0 Å². The van der Waals surface area contributed by atoms with Crippen LogP contribution in [-0.4, -0.2) is 84.3 Å². The molecule has 11 heteroatoms. The standard InChI is InChI=1S/C21H24O11/c22-7-16-17(27)18(28)19(29)21(32-16)31-15-3-8(1-2-11(15)24)20-13(26)6-10-12(25)4-9(23)5-14(10)30-20/h1-5,13,16-29H,6-7H2/t13-,16-,17-,18+,19-,20+,21+/m0/s1. The van der Waals surface area contributed by atoms with Gasteiger partial charge in [0.25, 0.3) is 0 Å². The van der Waals surface area contributed by atoms with E-state index in [2.05, 4.69) is 0 Å². The molecule has 8 N–H and O–H groups in total. The van der Waals surface area contributed by atoms with Gasteiger partial charge in [-0.1, -0.05) is 6.07 Å². The predicted molar refractivity (Wildman–Crippen MR) is 105 cm³/mol. The van der Waals surface area contributed by atoms with Gasteiger partial charge in [0.05, 0.1) is 12.7 Å². The van der Waals surface area contributed by atoms with Crippen LogP contribution in [0.2, 0.25) is 0 Å². The van der Waals surface area contributed by atoms with Gasteiger partial charge < -0.3 is 55.1 Å². The van der Waals surface area contributed by atoms with Crippen LogP contribution in [0.15, 0.2) is 30.3 Å². The monoisotopic (exact) mass is 452 g/mol. The molecule has 0 unspecified atom stereocenters. The van der Waals surface area contributed by atoms with Crippen LogP contribution in [0, 0.1) is 0 Å². The number of benzene rings is 2. The molecule has 2 aromatic carbocycles. The zero-order valence-electron chi connectivity index (χ0n) is 16.6. The number of phenolic OH excluding ortho intramolecular Hbond substituents is 3. The van der Waals surface area contributed by atoms with E-state index in [9.17, 15) is 40.9 Å². The van der Waals surface area contributed by atoms with Crippen molar-refractivity contribution in [3.8, 4) is 28.7 Å². The van der Waals surface area contributed by atoms with Crippen molar-refractivity contribution in [1.29, 1.82) is 0 Å². The fraction of sp³-hybridized carbons (Fsp3) is 0.429. The average Bonchev–Trinajstić information content (AvgIpc) is 2.75. The topological polar surface area (TPSA) is 190 Å². The van der Waals surface area contributed by atoms with Gasteiger partial charge in [-0.15, -0.1) is 0 Å². The number of aliphatic hydroxyl groups is 5. The highest BCUT2D eigenvalue weighted by molar-refractivity contribution is 5.52. The third kappa shape index (κ3) is 4.01. The number of hydrogen-bond acceptors (Lipinski definition) is 11. The van der Waals surface area contributed by atoms with E-state index in [1.807, 2.05) is 0 Å². The van der Waals surface area contributed by atoms with Crippen molar-refractivity contribution in [2.45, 2.75) is 49.3 Å². The molecule has 2 aliphatic heterocycles. The summed E-state index contributed by atoms with van der Waals surface area (Å²) in [4.78, 5) is 0. The molecule has 0 amide bonds. The van der Waals surface area contributed by atoms with Gasteiger partial charge in [0.2, 0.25) is 6.29 Å². The highest BCUT2D eigenvalue weighted by atomic mass is 16.7. The molecule has 0 saturated carbocycles. The summed E-state index contributed by atoms with van der Waals surface area (Å²) >= 11 is 0. The second-order valence-corrected chi connectivity index (χ2v) is 7.79. The van der Waals surface area contributed by atoms with E-state index >= 15 is 0 Å². The molecule has 2 aromatic rings. The Bertz CT molecular complexity index is 978. The quantitative estimate of drug-likeness (QED) is 0.285. The van der Waals surface area contributed by atoms with E-state index in [4.69, 9.17) is 14.2 Å². The highest BCUT2D eigenvalue weighted by Crippen LogP contribution is 2.43. The number of fused-ring (bicyclic) bond motifs is 1. The van der Waals surface area contributed by atoms with Crippen LogP contribution in [-0.2, 0) is 11.2 Å². The molecule has 1 fully saturated rings. The Morgan fingerprint density at radius 3 is 2.38 bits per heavy atom. The van der Waals surface area contributed by atoms with E-state index in [0.29, 0.717) is 11.1 Å². The average molecular weight is 452 g/mol. The van der Waals surface area contributed by atoms with Crippen LogP contribution in [0.1, 0.15) is 17.2 Å². The second kappa shape index (κ2) is 8.62. The summed E-state index contributed by atoms with van der Waals surface area (Å²) in [5, 5.41) is 79.7. The third-order valence-electron chi connectivity index (χ3n) is 5.59. The number of hydrogen-bond donors (Lipinski definition) is 8. The molecule has 32 heavy (non-hydrogen) atoms. The van der Waals surface area contributed by atoms with Gasteiger partial charge in [0.1, 0.15) is 47.8 Å². The lowest BCUT2D eigenvalue weighted by Crippen LogP contribution is -2.60. The summed E-state index contributed by atoms with van der Waals surface area (Å²) in [7, 11) is 0. The molecule has 0 radical (unpaired) electrons. The normalized spacial score (nSPS) is 32.1. The van der Waals surface area contributed by atoms with Crippen LogP contribution in [0.25, 0.3) is 0 Å². The minimum atomic E-state index is -1.68. The number of phenols is 3. The van der Waals surface area contributed by atoms with Crippen LogP contribution in [0.3, 0.4) is 0 Å². The Morgan fingerprint density at radius 2 is 1.66 bits per heavy atom. The largest absolute Gasteiger partial charge is 0.508 e. The summed E-state index contributed by atoms with van der Waals surface area (Å²) in [6, 6.07) is 6.51. The molecule has 2 heterocycles. The second-order valence-electron chi connectivity index (χ2n) is 7.79. The first kappa shape index (κ1) is 22.4. The fourth-order valence-electron chi connectivity index (χ4n) is 3.84. The first-order valence-electron chi connectivity index (χ1n) is 9.89. The lowest BCUT2D eigenvalue weighted by molar-refractivity contribution is -0.277. The summed E-state index contributed by atoms with van der Waals surface area (Å²) in [5.41, 5.74) is 0.700. The van der Waals surface area contributed by atoms with E-state index in [1.165, 1.54) is 24.3 Å². The van der Waals surface area contributed by atoms with Gasteiger partial charge in [-0.3, -0.25) is 0 Å². The Kier molecular flexibility index (Phi) is 6.03. The molecule has 2 aliphatic rings. The highest BCUT2D eigenvalue weighted by Gasteiger charge is 2.45. The molecular weight excluding hydrogens is 428 g/mol. The summed E-state index contributed by atoms with van der Waals surface area (Å²) < 4.78 is 16.6. The van der Waals surface area contributed by atoms with Gasteiger partial charge in [0, 0.05) is 24.1 Å². The van der Waals surface area contributed by atoms with E-state index in [-0.39, 0.29) is 35.2 Å². The zero-order chi connectivity index (χ0) is 23.2. The van der Waals surface area contributed by atoms with Crippen molar-refractivity contribution in [3.05, 3.63) is 41.5 Å². The molecule has 7 atom stereocenters. The molecule has 11 nitrogen and oxygen atoms in total. The molecular formula is C21H24O11. The predicted octanol–water partition coefficient (Wildman–Crippen LogP) is -0.981. The molecule has 1 saturated heterocycles. The maximum absolute atomic E-state index is 10.6. The van der Waals surface area contributed by atoms with Gasteiger partial charge in [-0.05, 0) is 17.7 Å². The van der Waals surface area contributed by atoms with Crippen molar-refractivity contribution in [3.63, 3.8) is 0 Å². The van der Waals surface area contributed by atoms with Crippen LogP contribution in [0.5, 0.6) is 28.7 Å². The third-order valence-corrected chi connectivity index (χ3v) is 5.59. The Hall–Kier alpha value is -2.80. The fourth-order valence-corrected chi connectivity index (χ4v) is 3.84. The first-order chi connectivity index (χ1) is 15.2. The van der Waals surface area contributed by atoms with E-state index < -0.39 is 49.5 Å². The summed E-state index contributed by atoms with van der Waals surface area (Å²) in [6.07, 6.45) is -9.59. The SMILES string of the molecule is OC[C@@H]1O[C@@H](Oc2cc([C@H]3Oc4cc(O)cc(O)c4C[C@@H]3O)ccc2O)[C@@H](O)[C@H](O)[C@H]1O. The molecule has 0 bridgehead atoms. The van der Waals surface area contributed by atoms with Crippen molar-refractivity contribution in [1.82, 2.24) is 0 Å². The number of aliphatic hydroxyl groups excluding tert-OH is 5. The molecule has 4 rings (SSSR count). The zero-order valence-corrected chi connectivity index (χ0v) is 16.6. The number of rotatable bonds is 4. The van der Waals surface area contributed by atoms with Gasteiger partial charge in [0.15, 0.2) is 11.5 Å². The van der Waals surface area contributed by atoms with Gasteiger partial charge >= 0.3 is 0 Å². The number of ether oxygens (including phenoxy) is 3. The molecule has 0 aromatic heterocycles. The van der Waals surface area contributed by atoms with E-state index in [0.717, 1.165) is 6.07 Å². The van der Waals surface area contributed by atoms with E-state index in [1.54, 1.807) is 0 Å². The van der Waals surface area contributed by atoms with Crippen LogP contribution >= 0.6 is 0 Å². The molecule has 174 valence electrons. The Balaban J connectivity index is 1.59.